The van der Waals surface area contributed by atoms with Crippen LogP contribution in [0.4, 0.5) is 0 Å². The molecule has 0 radical (unpaired) electrons. The molecule has 106 valence electrons. The minimum atomic E-state index is 0.475. The highest BCUT2D eigenvalue weighted by Gasteiger charge is 2.05. The maximum atomic E-state index is 5.73. The fourth-order valence-electron chi connectivity index (χ4n) is 1.86. The van der Waals surface area contributed by atoms with Gasteiger partial charge < -0.3 is 19.9 Å². The van der Waals surface area contributed by atoms with Gasteiger partial charge >= 0.3 is 0 Å². The Morgan fingerprint density at radius 1 is 0.850 bits per heavy atom. The van der Waals surface area contributed by atoms with E-state index in [9.17, 15) is 0 Å². The van der Waals surface area contributed by atoms with Crippen LogP contribution in [-0.4, -0.2) is 14.2 Å². The summed E-state index contributed by atoms with van der Waals surface area (Å²) in [5, 5.41) is 0. The van der Waals surface area contributed by atoms with Crippen molar-refractivity contribution in [1.82, 2.24) is 0 Å². The Bertz CT molecular complexity index is 552. The van der Waals surface area contributed by atoms with Gasteiger partial charge in [0.25, 0.3) is 0 Å². The molecule has 0 spiro atoms. The largest absolute Gasteiger partial charge is 0.493 e. The Labute approximate surface area is 119 Å². The summed E-state index contributed by atoms with van der Waals surface area (Å²) < 4.78 is 16.2. The summed E-state index contributed by atoms with van der Waals surface area (Å²) in [5.41, 5.74) is 7.66. The van der Waals surface area contributed by atoms with Crippen LogP contribution in [0, 0.1) is 0 Å². The lowest BCUT2D eigenvalue weighted by molar-refractivity contribution is 0.303. The van der Waals surface area contributed by atoms with E-state index in [2.05, 4.69) is 0 Å². The lowest BCUT2D eigenvalue weighted by atomic mass is 10.2. The van der Waals surface area contributed by atoms with Crippen molar-refractivity contribution in [2.75, 3.05) is 14.2 Å². The van der Waals surface area contributed by atoms with Gasteiger partial charge in [0.1, 0.15) is 12.4 Å². The summed E-state index contributed by atoms with van der Waals surface area (Å²) >= 11 is 0. The number of ether oxygens (including phenoxy) is 3. The molecule has 4 heteroatoms. The predicted octanol–water partition coefficient (Wildman–Crippen LogP) is 2.74. The average molecular weight is 273 g/mol. The molecule has 2 rings (SSSR count). The monoisotopic (exact) mass is 273 g/mol. The first kappa shape index (κ1) is 14.2. The fourth-order valence-corrected chi connectivity index (χ4v) is 1.86. The molecule has 0 saturated carbocycles. The van der Waals surface area contributed by atoms with Crippen molar-refractivity contribution >= 4 is 0 Å². The molecule has 0 bridgehead atoms. The summed E-state index contributed by atoms with van der Waals surface area (Å²) in [6, 6.07) is 13.5. The van der Waals surface area contributed by atoms with Crippen molar-refractivity contribution in [3.63, 3.8) is 0 Å². The molecule has 0 saturated heterocycles. The third-order valence-electron chi connectivity index (χ3n) is 3.01. The van der Waals surface area contributed by atoms with Crippen LogP contribution in [-0.2, 0) is 13.2 Å². The highest BCUT2D eigenvalue weighted by molar-refractivity contribution is 5.42. The van der Waals surface area contributed by atoms with Crippen molar-refractivity contribution in [2.45, 2.75) is 13.2 Å². The molecule has 2 aromatic carbocycles. The molecule has 20 heavy (non-hydrogen) atoms. The maximum Gasteiger partial charge on any atom is 0.161 e. The zero-order chi connectivity index (χ0) is 14.4. The molecule has 2 N–H and O–H groups in total. The Morgan fingerprint density at radius 2 is 1.50 bits per heavy atom. The second-order valence-electron chi connectivity index (χ2n) is 4.33. The Balaban J connectivity index is 2.02. The van der Waals surface area contributed by atoms with E-state index in [0.717, 1.165) is 16.9 Å². The number of benzene rings is 2. The van der Waals surface area contributed by atoms with Crippen LogP contribution in [0.1, 0.15) is 11.1 Å². The zero-order valence-electron chi connectivity index (χ0n) is 11.8. The molecule has 0 aliphatic rings. The van der Waals surface area contributed by atoms with Crippen molar-refractivity contribution in [2.24, 2.45) is 5.73 Å². The molecule has 0 amide bonds. The van der Waals surface area contributed by atoms with Crippen LogP contribution in [0.25, 0.3) is 0 Å². The quantitative estimate of drug-likeness (QED) is 0.879. The van der Waals surface area contributed by atoms with E-state index in [4.69, 9.17) is 19.9 Å². The van der Waals surface area contributed by atoms with Crippen molar-refractivity contribution in [3.05, 3.63) is 53.6 Å². The van der Waals surface area contributed by atoms with Gasteiger partial charge in [0.2, 0.25) is 0 Å². The number of methoxy groups -OCH3 is 2. The van der Waals surface area contributed by atoms with Gasteiger partial charge in [0, 0.05) is 6.54 Å². The first-order valence-corrected chi connectivity index (χ1v) is 6.39. The molecule has 0 heterocycles. The van der Waals surface area contributed by atoms with Crippen LogP contribution in [0.2, 0.25) is 0 Å². The highest BCUT2D eigenvalue weighted by Crippen LogP contribution is 2.28. The van der Waals surface area contributed by atoms with Gasteiger partial charge in [-0.05, 0) is 35.4 Å². The van der Waals surface area contributed by atoms with Crippen LogP contribution in [0.15, 0.2) is 42.5 Å². The number of hydrogen-bond donors (Lipinski definition) is 1. The minimum absolute atomic E-state index is 0.475. The summed E-state index contributed by atoms with van der Waals surface area (Å²) in [5.74, 6) is 2.23. The normalized spacial score (nSPS) is 10.2. The van der Waals surface area contributed by atoms with Gasteiger partial charge in [-0.15, -0.1) is 0 Å². The zero-order valence-corrected chi connectivity index (χ0v) is 11.8. The lowest BCUT2D eigenvalue weighted by Gasteiger charge is -2.11. The third kappa shape index (κ3) is 3.42. The molecule has 0 atom stereocenters. The molecular formula is C16H19NO3. The standard InChI is InChI=1S/C16H19NO3/c1-18-15-8-5-13(9-16(15)19-2)11-20-14-6-3-12(10-17)4-7-14/h3-9H,10-11,17H2,1-2H3. The molecule has 4 nitrogen and oxygen atoms in total. The Hall–Kier alpha value is -2.20. The fraction of sp³-hybridized carbons (Fsp3) is 0.250. The molecular weight excluding hydrogens is 254 g/mol. The van der Waals surface area contributed by atoms with E-state index < -0.39 is 0 Å². The Morgan fingerprint density at radius 3 is 2.10 bits per heavy atom. The number of nitrogens with two attached hydrogens (primary N) is 1. The first-order valence-electron chi connectivity index (χ1n) is 6.39. The third-order valence-corrected chi connectivity index (χ3v) is 3.01. The van der Waals surface area contributed by atoms with Crippen LogP contribution in [0.5, 0.6) is 17.2 Å². The molecule has 0 aliphatic carbocycles. The second-order valence-corrected chi connectivity index (χ2v) is 4.33. The summed E-state index contributed by atoms with van der Waals surface area (Å²) in [6.45, 7) is 1.01. The van der Waals surface area contributed by atoms with Gasteiger partial charge in [0.05, 0.1) is 14.2 Å². The van der Waals surface area contributed by atoms with Gasteiger partial charge in [0.15, 0.2) is 11.5 Å². The molecule has 0 aliphatic heterocycles. The second kappa shape index (κ2) is 6.82. The van der Waals surface area contributed by atoms with E-state index in [1.807, 2.05) is 42.5 Å². The molecule has 0 fully saturated rings. The van der Waals surface area contributed by atoms with Crippen LogP contribution >= 0.6 is 0 Å². The predicted molar refractivity (Wildman–Crippen MR) is 78.2 cm³/mol. The maximum absolute atomic E-state index is 5.73. The van der Waals surface area contributed by atoms with Gasteiger partial charge in [-0.2, -0.15) is 0 Å². The van der Waals surface area contributed by atoms with Gasteiger partial charge in [-0.1, -0.05) is 18.2 Å². The summed E-state index contributed by atoms with van der Waals surface area (Å²) in [6.07, 6.45) is 0. The van der Waals surface area contributed by atoms with E-state index >= 15 is 0 Å². The first-order chi connectivity index (χ1) is 9.76. The molecule has 2 aromatic rings. The van der Waals surface area contributed by atoms with Crippen molar-refractivity contribution in [1.29, 1.82) is 0 Å². The van der Waals surface area contributed by atoms with Crippen molar-refractivity contribution < 1.29 is 14.2 Å². The SMILES string of the molecule is COc1ccc(COc2ccc(CN)cc2)cc1OC. The number of hydrogen-bond acceptors (Lipinski definition) is 4. The van der Waals surface area contributed by atoms with E-state index in [1.165, 1.54) is 0 Å². The summed E-state index contributed by atoms with van der Waals surface area (Å²) in [7, 11) is 3.24. The minimum Gasteiger partial charge on any atom is -0.493 e. The van der Waals surface area contributed by atoms with Crippen LogP contribution in [0.3, 0.4) is 0 Å². The number of rotatable bonds is 6. The van der Waals surface area contributed by atoms with Crippen LogP contribution < -0.4 is 19.9 Å². The highest BCUT2D eigenvalue weighted by atomic mass is 16.5. The van der Waals surface area contributed by atoms with Crippen molar-refractivity contribution in [3.8, 4) is 17.2 Å². The average Bonchev–Trinajstić information content (AvgIpc) is 2.53. The van der Waals surface area contributed by atoms with Gasteiger partial charge in [-0.25, -0.2) is 0 Å². The summed E-state index contributed by atoms with van der Waals surface area (Å²) in [4.78, 5) is 0. The molecule has 0 aromatic heterocycles. The topological polar surface area (TPSA) is 53.7 Å². The molecule has 0 unspecified atom stereocenters. The smallest absolute Gasteiger partial charge is 0.161 e. The van der Waals surface area contributed by atoms with E-state index in [0.29, 0.717) is 24.7 Å². The Kier molecular flexibility index (Phi) is 4.85. The van der Waals surface area contributed by atoms with Gasteiger partial charge in [-0.3, -0.25) is 0 Å². The van der Waals surface area contributed by atoms with E-state index in [-0.39, 0.29) is 0 Å². The lowest BCUT2D eigenvalue weighted by Crippen LogP contribution is -1.99. The van der Waals surface area contributed by atoms with E-state index in [1.54, 1.807) is 14.2 Å².